The number of rotatable bonds is 3. The van der Waals surface area contributed by atoms with Crippen LogP contribution in [0.3, 0.4) is 0 Å². The molecule has 0 bridgehead atoms. The summed E-state index contributed by atoms with van der Waals surface area (Å²) in [6.45, 7) is 4.01. The number of nitrogens with zero attached hydrogens (tertiary/aromatic N) is 2. The molecule has 130 valence electrons. The molecule has 6 heteroatoms. The highest BCUT2D eigenvalue weighted by atomic mass is 79.9. The lowest BCUT2D eigenvalue weighted by Gasteiger charge is -2.35. The monoisotopic (exact) mass is 393 g/mol. The normalized spacial score (nSPS) is 23.6. The van der Waals surface area contributed by atoms with Gasteiger partial charge in [-0.15, -0.1) is 0 Å². The Morgan fingerprint density at radius 3 is 2.58 bits per heavy atom. The van der Waals surface area contributed by atoms with Crippen molar-refractivity contribution in [2.24, 2.45) is 17.6 Å². The van der Waals surface area contributed by atoms with Crippen molar-refractivity contribution in [1.29, 1.82) is 0 Å². The first kappa shape index (κ1) is 17.4. The molecule has 0 spiro atoms. The van der Waals surface area contributed by atoms with E-state index in [1.165, 1.54) is 0 Å². The van der Waals surface area contributed by atoms with E-state index in [9.17, 15) is 9.59 Å². The fraction of sp³-hybridized carbons (Fsp3) is 0.556. The van der Waals surface area contributed by atoms with Gasteiger partial charge in [0, 0.05) is 36.6 Å². The zero-order valence-corrected chi connectivity index (χ0v) is 15.5. The van der Waals surface area contributed by atoms with E-state index in [1.807, 2.05) is 36.1 Å². The lowest BCUT2D eigenvalue weighted by atomic mass is 9.90. The van der Waals surface area contributed by atoms with Gasteiger partial charge in [0.2, 0.25) is 11.8 Å². The molecular weight excluding hydrogens is 370 g/mol. The van der Waals surface area contributed by atoms with Crippen LogP contribution >= 0.6 is 15.9 Å². The second-order valence-corrected chi connectivity index (χ2v) is 7.73. The summed E-state index contributed by atoms with van der Waals surface area (Å²) >= 11 is 3.49. The van der Waals surface area contributed by atoms with E-state index in [0.717, 1.165) is 36.1 Å². The smallest absolute Gasteiger partial charge is 0.228 e. The van der Waals surface area contributed by atoms with Crippen LogP contribution in [-0.2, 0) is 9.59 Å². The summed E-state index contributed by atoms with van der Waals surface area (Å²) in [6.07, 6.45) is 2.21. The van der Waals surface area contributed by atoms with Crippen LogP contribution in [0.1, 0.15) is 26.2 Å². The van der Waals surface area contributed by atoms with E-state index < -0.39 is 0 Å². The number of carbonyl (C=O) groups is 2. The zero-order chi connectivity index (χ0) is 17.3. The SMILES string of the molecule is CC(N)C1CCN(C(=O)C2CC(=O)N(c3ccccc3Br)C2)CC1. The number of likely N-dealkylation sites (tertiary alicyclic amines) is 1. The standard InChI is InChI=1S/C18H24BrN3O2/c1-12(20)13-6-8-21(9-7-13)18(24)14-10-17(23)22(11-14)16-5-3-2-4-15(16)19/h2-5,12-14H,6-11,20H2,1H3. The van der Waals surface area contributed by atoms with Gasteiger partial charge in [-0.25, -0.2) is 0 Å². The maximum Gasteiger partial charge on any atom is 0.228 e. The van der Waals surface area contributed by atoms with Crippen molar-refractivity contribution < 1.29 is 9.59 Å². The minimum Gasteiger partial charge on any atom is -0.342 e. The predicted octanol–water partition coefficient (Wildman–Crippen LogP) is 2.39. The molecule has 3 rings (SSSR count). The van der Waals surface area contributed by atoms with Crippen LogP contribution in [0, 0.1) is 11.8 Å². The van der Waals surface area contributed by atoms with Gasteiger partial charge in [-0.05, 0) is 53.7 Å². The molecule has 1 aromatic carbocycles. The van der Waals surface area contributed by atoms with Crippen LogP contribution in [0.4, 0.5) is 5.69 Å². The maximum atomic E-state index is 12.8. The summed E-state index contributed by atoms with van der Waals surface area (Å²) in [5.41, 5.74) is 6.81. The fourth-order valence-corrected chi connectivity index (χ4v) is 4.18. The number of hydrogen-bond acceptors (Lipinski definition) is 3. The van der Waals surface area contributed by atoms with Gasteiger partial charge in [0.25, 0.3) is 0 Å². The number of anilines is 1. The summed E-state index contributed by atoms with van der Waals surface area (Å²) in [5.74, 6) is 0.388. The number of amides is 2. The number of hydrogen-bond donors (Lipinski definition) is 1. The third kappa shape index (κ3) is 3.49. The van der Waals surface area contributed by atoms with Gasteiger partial charge < -0.3 is 15.5 Å². The van der Waals surface area contributed by atoms with Crippen molar-refractivity contribution in [2.75, 3.05) is 24.5 Å². The van der Waals surface area contributed by atoms with E-state index in [4.69, 9.17) is 5.73 Å². The Labute approximate surface area is 151 Å². The summed E-state index contributed by atoms with van der Waals surface area (Å²) in [4.78, 5) is 28.8. The van der Waals surface area contributed by atoms with Crippen LogP contribution in [-0.4, -0.2) is 42.4 Å². The maximum absolute atomic E-state index is 12.8. The van der Waals surface area contributed by atoms with Crippen molar-refractivity contribution >= 4 is 33.4 Å². The molecule has 2 aliphatic heterocycles. The van der Waals surface area contributed by atoms with Gasteiger partial charge in [-0.1, -0.05) is 12.1 Å². The van der Waals surface area contributed by atoms with Crippen molar-refractivity contribution in [1.82, 2.24) is 4.90 Å². The quantitative estimate of drug-likeness (QED) is 0.856. The molecule has 24 heavy (non-hydrogen) atoms. The fourth-order valence-electron chi connectivity index (χ4n) is 3.68. The topological polar surface area (TPSA) is 66.6 Å². The third-order valence-corrected chi connectivity index (χ3v) is 5.88. The predicted molar refractivity (Wildman–Crippen MR) is 97.6 cm³/mol. The first-order chi connectivity index (χ1) is 11.5. The molecule has 0 aromatic heterocycles. The first-order valence-electron chi connectivity index (χ1n) is 8.56. The van der Waals surface area contributed by atoms with Gasteiger partial charge in [-0.3, -0.25) is 9.59 Å². The van der Waals surface area contributed by atoms with Gasteiger partial charge >= 0.3 is 0 Å². The Morgan fingerprint density at radius 1 is 1.29 bits per heavy atom. The van der Waals surface area contributed by atoms with Crippen molar-refractivity contribution in [3.05, 3.63) is 28.7 Å². The number of carbonyl (C=O) groups excluding carboxylic acids is 2. The summed E-state index contributed by atoms with van der Waals surface area (Å²) < 4.78 is 0.879. The molecule has 2 unspecified atom stereocenters. The van der Waals surface area contributed by atoms with Crippen LogP contribution in [0.15, 0.2) is 28.7 Å². The molecule has 0 radical (unpaired) electrons. The van der Waals surface area contributed by atoms with E-state index in [-0.39, 0.29) is 23.8 Å². The van der Waals surface area contributed by atoms with Crippen molar-refractivity contribution in [2.45, 2.75) is 32.2 Å². The molecule has 2 heterocycles. The summed E-state index contributed by atoms with van der Waals surface area (Å²) in [6, 6.07) is 7.82. The van der Waals surface area contributed by atoms with Gasteiger partial charge in [0.15, 0.2) is 0 Å². The van der Waals surface area contributed by atoms with E-state index in [2.05, 4.69) is 15.9 Å². The average Bonchev–Trinajstić information content (AvgIpc) is 2.96. The number of para-hydroxylation sites is 1. The van der Waals surface area contributed by atoms with E-state index >= 15 is 0 Å². The molecule has 2 N–H and O–H groups in total. The van der Waals surface area contributed by atoms with Gasteiger partial charge in [-0.2, -0.15) is 0 Å². The summed E-state index contributed by atoms with van der Waals surface area (Å²) in [7, 11) is 0. The van der Waals surface area contributed by atoms with Crippen LogP contribution in [0.25, 0.3) is 0 Å². The molecule has 2 fully saturated rings. The molecule has 2 atom stereocenters. The highest BCUT2D eigenvalue weighted by molar-refractivity contribution is 9.10. The first-order valence-corrected chi connectivity index (χ1v) is 9.36. The number of halogens is 1. The Kier molecular flexibility index (Phi) is 5.25. The van der Waals surface area contributed by atoms with Crippen LogP contribution in [0.5, 0.6) is 0 Å². The molecule has 2 saturated heterocycles. The zero-order valence-electron chi connectivity index (χ0n) is 14.0. The highest BCUT2D eigenvalue weighted by Crippen LogP contribution is 2.32. The molecular formula is C18H24BrN3O2. The molecule has 0 aliphatic carbocycles. The molecule has 0 saturated carbocycles. The highest BCUT2D eigenvalue weighted by Gasteiger charge is 2.38. The molecule has 2 aliphatic rings. The Morgan fingerprint density at radius 2 is 1.96 bits per heavy atom. The second kappa shape index (κ2) is 7.23. The van der Waals surface area contributed by atoms with E-state index in [1.54, 1.807) is 4.90 Å². The van der Waals surface area contributed by atoms with Crippen molar-refractivity contribution in [3.8, 4) is 0 Å². The second-order valence-electron chi connectivity index (χ2n) is 6.88. The van der Waals surface area contributed by atoms with Gasteiger partial charge in [0.1, 0.15) is 0 Å². The lowest BCUT2D eigenvalue weighted by molar-refractivity contribution is -0.137. The minimum absolute atomic E-state index is 0.0192. The molecule has 2 amide bonds. The van der Waals surface area contributed by atoms with Gasteiger partial charge in [0.05, 0.1) is 11.6 Å². The molecule has 5 nitrogen and oxygen atoms in total. The Hall–Kier alpha value is -1.40. The third-order valence-electron chi connectivity index (χ3n) is 5.21. The average molecular weight is 394 g/mol. The largest absolute Gasteiger partial charge is 0.342 e. The number of piperidine rings is 1. The Bertz CT molecular complexity index is 626. The van der Waals surface area contributed by atoms with Crippen LogP contribution in [0.2, 0.25) is 0 Å². The van der Waals surface area contributed by atoms with E-state index in [0.29, 0.717) is 18.9 Å². The minimum atomic E-state index is -0.239. The molecule has 1 aromatic rings. The summed E-state index contributed by atoms with van der Waals surface area (Å²) in [5, 5.41) is 0. The number of nitrogens with two attached hydrogens (primary N) is 1. The number of benzene rings is 1. The van der Waals surface area contributed by atoms with Crippen LogP contribution < -0.4 is 10.6 Å². The van der Waals surface area contributed by atoms with Crippen molar-refractivity contribution in [3.63, 3.8) is 0 Å². The Balaban J connectivity index is 1.64. The lowest BCUT2D eigenvalue weighted by Crippen LogP contribution is -2.45.